The minimum atomic E-state index is -0.284. The van der Waals surface area contributed by atoms with Crippen LogP contribution in [0.2, 0.25) is 0 Å². The van der Waals surface area contributed by atoms with E-state index in [0.717, 1.165) is 37.6 Å². The molecule has 0 bridgehead atoms. The molecule has 2 amide bonds. The lowest BCUT2D eigenvalue weighted by atomic mass is 10.0. The second-order valence-electron chi connectivity index (χ2n) is 7.06. The van der Waals surface area contributed by atoms with Crippen molar-refractivity contribution in [3.63, 3.8) is 0 Å². The van der Waals surface area contributed by atoms with Gasteiger partial charge in [0.1, 0.15) is 0 Å². The van der Waals surface area contributed by atoms with Gasteiger partial charge in [0.05, 0.1) is 5.92 Å². The quantitative estimate of drug-likeness (QED) is 0.891. The Hall–Kier alpha value is -2.96. The van der Waals surface area contributed by atoms with Crippen LogP contribution in [0.25, 0.3) is 0 Å². The predicted octanol–water partition coefficient (Wildman–Crippen LogP) is 1.61. The summed E-state index contributed by atoms with van der Waals surface area (Å²) < 4.78 is 0. The first-order valence-electron chi connectivity index (χ1n) is 9.38. The predicted molar refractivity (Wildman–Crippen MR) is 102 cm³/mol. The molecule has 2 aliphatic heterocycles. The SMILES string of the molecule is O=C(NC1CCN(c2ncccn2)CC1)C1CC(=O)N(c2ccccc2)C1. The summed E-state index contributed by atoms with van der Waals surface area (Å²) in [5.41, 5.74) is 0.856. The molecule has 2 saturated heterocycles. The number of nitrogens with one attached hydrogen (secondary N) is 1. The van der Waals surface area contributed by atoms with Crippen molar-refractivity contribution in [1.82, 2.24) is 15.3 Å². The van der Waals surface area contributed by atoms with Gasteiger partial charge in [0.15, 0.2) is 0 Å². The van der Waals surface area contributed by atoms with Crippen molar-refractivity contribution in [2.75, 3.05) is 29.4 Å². The van der Waals surface area contributed by atoms with E-state index in [4.69, 9.17) is 0 Å². The normalized spacial score (nSPS) is 20.7. The standard InChI is InChI=1S/C20H23N5O2/c26-18-13-15(14-25(18)17-5-2-1-3-6-17)19(27)23-16-7-11-24(12-8-16)20-21-9-4-10-22-20/h1-6,9-10,15-16H,7-8,11-14H2,(H,23,27). The van der Waals surface area contributed by atoms with E-state index in [0.29, 0.717) is 6.54 Å². The molecular formula is C20H23N5O2. The molecule has 1 unspecified atom stereocenters. The molecule has 2 aromatic rings. The Balaban J connectivity index is 1.30. The maximum atomic E-state index is 12.7. The number of piperidine rings is 1. The van der Waals surface area contributed by atoms with Crippen LogP contribution in [0.15, 0.2) is 48.8 Å². The number of nitrogens with zero attached hydrogens (tertiary/aromatic N) is 4. The number of hydrogen-bond donors (Lipinski definition) is 1. The molecule has 0 radical (unpaired) electrons. The van der Waals surface area contributed by atoms with Gasteiger partial charge < -0.3 is 15.1 Å². The number of aromatic nitrogens is 2. The first-order valence-corrected chi connectivity index (χ1v) is 9.38. The zero-order valence-corrected chi connectivity index (χ0v) is 15.1. The van der Waals surface area contributed by atoms with E-state index in [1.807, 2.05) is 30.3 Å². The van der Waals surface area contributed by atoms with Crippen LogP contribution in [0.1, 0.15) is 19.3 Å². The largest absolute Gasteiger partial charge is 0.353 e. The van der Waals surface area contributed by atoms with Crippen molar-refractivity contribution in [2.24, 2.45) is 5.92 Å². The summed E-state index contributed by atoms with van der Waals surface area (Å²) >= 11 is 0. The van der Waals surface area contributed by atoms with Crippen molar-refractivity contribution in [2.45, 2.75) is 25.3 Å². The Labute approximate surface area is 158 Å². The summed E-state index contributed by atoms with van der Waals surface area (Å²) in [6.07, 6.45) is 5.47. The molecule has 2 fully saturated rings. The van der Waals surface area contributed by atoms with Crippen LogP contribution in [0.5, 0.6) is 0 Å². The molecule has 1 aromatic carbocycles. The Morgan fingerprint density at radius 1 is 1.04 bits per heavy atom. The van der Waals surface area contributed by atoms with Gasteiger partial charge >= 0.3 is 0 Å². The van der Waals surface area contributed by atoms with Crippen molar-refractivity contribution >= 4 is 23.5 Å². The molecule has 0 saturated carbocycles. The van der Waals surface area contributed by atoms with Gasteiger partial charge in [0.2, 0.25) is 17.8 Å². The lowest BCUT2D eigenvalue weighted by molar-refractivity contribution is -0.127. The van der Waals surface area contributed by atoms with Crippen LogP contribution in [0, 0.1) is 5.92 Å². The van der Waals surface area contributed by atoms with E-state index in [1.165, 1.54) is 0 Å². The van der Waals surface area contributed by atoms with Gasteiger partial charge in [-0.3, -0.25) is 9.59 Å². The van der Waals surface area contributed by atoms with E-state index in [-0.39, 0.29) is 30.2 Å². The molecule has 27 heavy (non-hydrogen) atoms. The van der Waals surface area contributed by atoms with Gasteiger partial charge in [-0.1, -0.05) is 18.2 Å². The summed E-state index contributed by atoms with van der Waals surface area (Å²) in [6, 6.07) is 11.5. The number of rotatable bonds is 4. The zero-order chi connectivity index (χ0) is 18.6. The summed E-state index contributed by atoms with van der Waals surface area (Å²) in [5, 5.41) is 3.14. The fourth-order valence-corrected chi connectivity index (χ4v) is 3.74. The van der Waals surface area contributed by atoms with Gasteiger partial charge in [0, 0.05) is 50.2 Å². The fraction of sp³-hybridized carbons (Fsp3) is 0.400. The van der Waals surface area contributed by atoms with E-state index in [9.17, 15) is 9.59 Å². The van der Waals surface area contributed by atoms with Crippen molar-refractivity contribution in [1.29, 1.82) is 0 Å². The fourth-order valence-electron chi connectivity index (χ4n) is 3.74. The minimum absolute atomic E-state index is 0.0115. The molecule has 4 rings (SSSR count). The van der Waals surface area contributed by atoms with Gasteiger partial charge in [-0.15, -0.1) is 0 Å². The van der Waals surface area contributed by atoms with Crippen LogP contribution in [0.4, 0.5) is 11.6 Å². The van der Waals surface area contributed by atoms with E-state index >= 15 is 0 Å². The van der Waals surface area contributed by atoms with Crippen molar-refractivity contribution in [3.8, 4) is 0 Å². The second-order valence-corrected chi connectivity index (χ2v) is 7.06. The molecule has 1 N–H and O–H groups in total. The van der Waals surface area contributed by atoms with Gasteiger partial charge in [-0.2, -0.15) is 0 Å². The molecule has 3 heterocycles. The number of amides is 2. The highest BCUT2D eigenvalue weighted by Gasteiger charge is 2.36. The van der Waals surface area contributed by atoms with Crippen LogP contribution in [-0.4, -0.2) is 47.5 Å². The smallest absolute Gasteiger partial charge is 0.227 e. The summed E-state index contributed by atoms with van der Waals surface area (Å²) in [6.45, 7) is 2.08. The topological polar surface area (TPSA) is 78.4 Å². The zero-order valence-electron chi connectivity index (χ0n) is 15.1. The third-order valence-corrected chi connectivity index (χ3v) is 5.24. The summed E-state index contributed by atoms with van der Waals surface area (Å²) in [4.78, 5) is 37.4. The van der Waals surface area contributed by atoms with Crippen LogP contribution >= 0.6 is 0 Å². The lowest BCUT2D eigenvalue weighted by Gasteiger charge is -2.32. The Morgan fingerprint density at radius 3 is 2.44 bits per heavy atom. The number of carbonyl (C=O) groups excluding carboxylic acids is 2. The average molecular weight is 365 g/mol. The third kappa shape index (κ3) is 3.92. The molecule has 0 aliphatic carbocycles. The average Bonchev–Trinajstić information content (AvgIpc) is 3.12. The number of hydrogen-bond acceptors (Lipinski definition) is 5. The minimum Gasteiger partial charge on any atom is -0.353 e. The molecule has 7 heteroatoms. The second kappa shape index (κ2) is 7.73. The van der Waals surface area contributed by atoms with Crippen LogP contribution in [0.3, 0.4) is 0 Å². The van der Waals surface area contributed by atoms with Crippen molar-refractivity contribution in [3.05, 3.63) is 48.8 Å². The molecular weight excluding hydrogens is 342 g/mol. The highest BCUT2D eigenvalue weighted by Crippen LogP contribution is 2.25. The Bertz CT molecular complexity index is 791. The Morgan fingerprint density at radius 2 is 1.74 bits per heavy atom. The highest BCUT2D eigenvalue weighted by atomic mass is 16.2. The molecule has 1 aromatic heterocycles. The molecule has 140 valence electrons. The van der Waals surface area contributed by atoms with E-state index in [1.54, 1.807) is 23.4 Å². The van der Waals surface area contributed by atoms with Gasteiger partial charge in [-0.05, 0) is 31.0 Å². The van der Waals surface area contributed by atoms with E-state index in [2.05, 4.69) is 20.2 Å². The first kappa shape index (κ1) is 17.5. The third-order valence-electron chi connectivity index (χ3n) is 5.24. The lowest BCUT2D eigenvalue weighted by Crippen LogP contribution is -2.47. The number of benzene rings is 1. The maximum absolute atomic E-state index is 12.7. The van der Waals surface area contributed by atoms with Crippen LogP contribution < -0.4 is 15.1 Å². The molecule has 1 atom stereocenters. The van der Waals surface area contributed by atoms with Crippen LogP contribution in [-0.2, 0) is 9.59 Å². The summed E-state index contributed by atoms with van der Waals surface area (Å²) in [5.74, 6) is 0.448. The number of carbonyl (C=O) groups is 2. The first-order chi connectivity index (χ1) is 13.2. The van der Waals surface area contributed by atoms with Gasteiger partial charge in [-0.25, -0.2) is 9.97 Å². The van der Waals surface area contributed by atoms with E-state index < -0.39 is 0 Å². The van der Waals surface area contributed by atoms with Gasteiger partial charge in [0.25, 0.3) is 0 Å². The number of para-hydroxylation sites is 1. The monoisotopic (exact) mass is 365 g/mol. The van der Waals surface area contributed by atoms with Crippen molar-refractivity contribution < 1.29 is 9.59 Å². The Kier molecular flexibility index (Phi) is 5.00. The highest BCUT2D eigenvalue weighted by molar-refractivity contribution is 6.00. The summed E-state index contributed by atoms with van der Waals surface area (Å²) in [7, 11) is 0. The maximum Gasteiger partial charge on any atom is 0.227 e. The number of anilines is 2. The molecule has 7 nitrogen and oxygen atoms in total. The molecule has 0 spiro atoms. The molecule has 2 aliphatic rings.